The zero-order valence-corrected chi connectivity index (χ0v) is 18.3. The summed E-state index contributed by atoms with van der Waals surface area (Å²) in [6.45, 7) is 5.12. The molecule has 4 aromatic rings. The molecule has 2 aromatic heterocycles. The SMILES string of the molecule is Cc1cccnc1-c1cccc2c1OC(CNC(=O)CCn1c(C)nc3ccccc31)C2. The number of ether oxygens (including phenoxy) is 1. The highest BCUT2D eigenvalue weighted by Gasteiger charge is 2.26. The summed E-state index contributed by atoms with van der Waals surface area (Å²) in [5, 5.41) is 3.05. The molecule has 1 N–H and O–H groups in total. The number of benzene rings is 2. The molecule has 3 heterocycles. The maximum atomic E-state index is 12.5. The van der Waals surface area contributed by atoms with Gasteiger partial charge in [0.15, 0.2) is 0 Å². The van der Waals surface area contributed by atoms with Gasteiger partial charge in [0.25, 0.3) is 0 Å². The first-order valence-electron chi connectivity index (χ1n) is 11.0. The first-order valence-corrected chi connectivity index (χ1v) is 11.0. The first kappa shape index (κ1) is 20.2. The third-order valence-electron chi connectivity index (χ3n) is 6.03. The molecular weight excluding hydrogens is 400 g/mol. The zero-order valence-electron chi connectivity index (χ0n) is 18.3. The lowest BCUT2D eigenvalue weighted by atomic mass is 10.0. The summed E-state index contributed by atoms with van der Waals surface area (Å²) in [4.78, 5) is 21.7. The summed E-state index contributed by atoms with van der Waals surface area (Å²) in [5.41, 5.74) is 6.25. The average Bonchev–Trinajstić information content (AvgIpc) is 3.36. The molecule has 162 valence electrons. The van der Waals surface area contributed by atoms with Crippen molar-refractivity contribution in [3.05, 3.63) is 77.7 Å². The molecular formula is C26H26N4O2. The summed E-state index contributed by atoms with van der Waals surface area (Å²) < 4.78 is 8.35. The minimum absolute atomic E-state index is 0.0162. The predicted molar refractivity (Wildman–Crippen MR) is 125 cm³/mol. The number of para-hydroxylation sites is 3. The molecule has 0 fully saturated rings. The Morgan fingerprint density at radius 1 is 1.12 bits per heavy atom. The molecule has 2 aromatic carbocycles. The zero-order chi connectivity index (χ0) is 22.1. The first-order chi connectivity index (χ1) is 15.6. The third-order valence-corrected chi connectivity index (χ3v) is 6.03. The van der Waals surface area contributed by atoms with E-state index in [2.05, 4.69) is 38.9 Å². The van der Waals surface area contributed by atoms with Gasteiger partial charge in [-0.25, -0.2) is 4.98 Å². The summed E-state index contributed by atoms with van der Waals surface area (Å²) in [7, 11) is 0. The molecule has 1 aliphatic heterocycles. The van der Waals surface area contributed by atoms with Crippen LogP contribution in [0.15, 0.2) is 60.8 Å². The van der Waals surface area contributed by atoms with Crippen LogP contribution in [0.1, 0.15) is 23.4 Å². The molecule has 0 spiro atoms. The third kappa shape index (κ3) is 3.84. The number of pyridine rings is 1. The van der Waals surface area contributed by atoms with Gasteiger partial charge in [0.05, 0.1) is 23.3 Å². The summed E-state index contributed by atoms with van der Waals surface area (Å²) in [6, 6.07) is 18.2. The fourth-order valence-corrected chi connectivity index (χ4v) is 4.41. The Morgan fingerprint density at radius 2 is 2.00 bits per heavy atom. The number of imidazole rings is 1. The van der Waals surface area contributed by atoms with Crippen LogP contribution in [0.2, 0.25) is 0 Å². The Balaban J connectivity index is 1.20. The van der Waals surface area contributed by atoms with Crippen LogP contribution in [-0.2, 0) is 17.8 Å². The molecule has 0 saturated heterocycles. The standard InChI is InChI=1S/C26H26N4O2/c1-17-7-6-13-27-25(17)21-9-5-8-19-15-20(32-26(19)21)16-28-24(31)12-14-30-18(2)29-22-10-3-4-11-23(22)30/h3-11,13,20H,12,14-16H2,1-2H3,(H,28,31). The largest absolute Gasteiger partial charge is 0.487 e. The van der Waals surface area contributed by atoms with Crippen LogP contribution in [0.5, 0.6) is 5.75 Å². The van der Waals surface area contributed by atoms with E-state index in [4.69, 9.17) is 4.74 Å². The average molecular weight is 427 g/mol. The second-order valence-electron chi connectivity index (χ2n) is 8.26. The number of carbonyl (C=O) groups is 1. The number of fused-ring (bicyclic) bond motifs is 2. The van der Waals surface area contributed by atoms with E-state index in [1.165, 1.54) is 0 Å². The van der Waals surface area contributed by atoms with Gasteiger partial charge in [-0.3, -0.25) is 9.78 Å². The Kier molecular flexibility index (Phi) is 5.35. The molecule has 5 rings (SSSR count). The van der Waals surface area contributed by atoms with Crippen LogP contribution in [0.3, 0.4) is 0 Å². The minimum atomic E-state index is -0.0741. The van der Waals surface area contributed by atoms with Gasteiger partial charge in [0.1, 0.15) is 17.7 Å². The van der Waals surface area contributed by atoms with E-state index in [1.54, 1.807) is 6.20 Å². The molecule has 1 unspecified atom stereocenters. The lowest BCUT2D eigenvalue weighted by Crippen LogP contribution is -2.34. The van der Waals surface area contributed by atoms with Crippen molar-refractivity contribution >= 4 is 16.9 Å². The van der Waals surface area contributed by atoms with Crippen LogP contribution in [0.4, 0.5) is 0 Å². The van der Waals surface area contributed by atoms with Crippen LogP contribution < -0.4 is 10.1 Å². The van der Waals surface area contributed by atoms with Crippen LogP contribution >= 0.6 is 0 Å². The molecule has 6 nitrogen and oxygen atoms in total. The van der Waals surface area contributed by atoms with Gasteiger partial charge in [-0.05, 0) is 49.2 Å². The van der Waals surface area contributed by atoms with Gasteiger partial charge in [0, 0.05) is 31.1 Å². The minimum Gasteiger partial charge on any atom is -0.487 e. The van der Waals surface area contributed by atoms with Crippen molar-refractivity contribution in [3.63, 3.8) is 0 Å². The van der Waals surface area contributed by atoms with Crippen molar-refractivity contribution < 1.29 is 9.53 Å². The van der Waals surface area contributed by atoms with E-state index >= 15 is 0 Å². The van der Waals surface area contributed by atoms with E-state index in [0.29, 0.717) is 19.5 Å². The van der Waals surface area contributed by atoms with Crippen molar-refractivity contribution in [1.82, 2.24) is 19.9 Å². The molecule has 0 bridgehead atoms. The lowest BCUT2D eigenvalue weighted by Gasteiger charge is -2.14. The predicted octanol–water partition coefficient (Wildman–Crippen LogP) is 4.23. The quantitative estimate of drug-likeness (QED) is 0.501. The molecule has 1 aliphatic rings. The van der Waals surface area contributed by atoms with E-state index in [1.807, 2.05) is 49.4 Å². The van der Waals surface area contributed by atoms with E-state index in [0.717, 1.165) is 51.4 Å². The molecule has 32 heavy (non-hydrogen) atoms. The molecule has 0 aliphatic carbocycles. The summed E-state index contributed by atoms with van der Waals surface area (Å²) in [6.07, 6.45) is 2.91. The Morgan fingerprint density at radius 3 is 2.88 bits per heavy atom. The number of amides is 1. The van der Waals surface area contributed by atoms with Crippen molar-refractivity contribution in [3.8, 4) is 17.0 Å². The Bertz CT molecular complexity index is 1290. The van der Waals surface area contributed by atoms with E-state index in [-0.39, 0.29) is 12.0 Å². The highest BCUT2D eigenvalue weighted by Crippen LogP contribution is 2.38. The van der Waals surface area contributed by atoms with Crippen molar-refractivity contribution in [1.29, 1.82) is 0 Å². The van der Waals surface area contributed by atoms with Crippen molar-refractivity contribution in [2.45, 2.75) is 39.3 Å². The maximum absolute atomic E-state index is 12.5. The normalized spacial score (nSPS) is 14.9. The van der Waals surface area contributed by atoms with Crippen molar-refractivity contribution in [2.24, 2.45) is 0 Å². The summed E-state index contributed by atoms with van der Waals surface area (Å²) in [5.74, 6) is 1.82. The molecule has 0 radical (unpaired) electrons. The maximum Gasteiger partial charge on any atom is 0.221 e. The molecule has 6 heteroatoms. The van der Waals surface area contributed by atoms with Gasteiger partial charge in [0.2, 0.25) is 5.91 Å². The smallest absolute Gasteiger partial charge is 0.221 e. The number of carbonyl (C=O) groups excluding carboxylic acids is 1. The van der Waals surface area contributed by atoms with Crippen LogP contribution in [-0.4, -0.2) is 33.1 Å². The highest BCUT2D eigenvalue weighted by molar-refractivity contribution is 5.78. The summed E-state index contributed by atoms with van der Waals surface area (Å²) >= 11 is 0. The number of hydrogen-bond acceptors (Lipinski definition) is 4. The van der Waals surface area contributed by atoms with Gasteiger partial charge >= 0.3 is 0 Å². The second kappa shape index (κ2) is 8.46. The second-order valence-corrected chi connectivity index (χ2v) is 8.26. The molecule has 0 saturated carbocycles. The fourth-order valence-electron chi connectivity index (χ4n) is 4.41. The van der Waals surface area contributed by atoms with Gasteiger partial charge in [-0.1, -0.05) is 30.3 Å². The molecule has 1 amide bonds. The Hall–Kier alpha value is -3.67. The Labute approximate surface area is 187 Å². The number of nitrogens with one attached hydrogen (secondary N) is 1. The number of hydrogen-bond donors (Lipinski definition) is 1. The van der Waals surface area contributed by atoms with E-state index < -0.39 is 0 Å². The number of nitrogens with zero attached hydrogens (tertiary/aromatic N) is 3. The van der Waals surface area contributed by atoms with Crippen LogP contribution in [0, 0.1) is 13.8 Å². The highest BCUT2D eigenvalue weighted by atomic mass is 16.5. The molecule has 1 atom stereocenters. The topological polar surface area (TPSA) is 69.0 Å². The van der Waals surface area contributed by atoms with Gasteiger partial charge in [-0.15, -0.1) is 0 Å². The van der Waals surface area contributed by atoms with Crippen LogP contribution in [0.25, 0.3) is 22.3 Å². The van der Waals surface area contributed by atoms with Crippen molar-refractivity contribution in [2.75, 3.05) is 6.54 Å². The number of rotatable bonds is 6. The fraction of sp³-hybridized carbons (Fsp3) is 0.269. The monoisotopic (exact) mass is 426 g/mol. The van der Waals surface area contributed by atoms with Gasteiger partial charge in [-0.2, -0.15) is 0 Å². The van der Waals surface area contributed by atoms with E-state index in [9.17, 15) is 4.79 Å². The van der Waals surface area contributed by atoms with Gasteiger partial charge < -0.3 is 14.6 Å². The number of aromatic nitrogens is 3. The number of aryl methyl sites for hydroxylation is 3. The lowest BCUT2D eigenvalue weighted by molar-refractivity contribution is -0.121.